The van der Waals surface area contributed by atoms with E-state index >= 15 is 0 Å². The van der Waals surface area contributed by atoms with Crippen molar-refractivity contribution in [3.63, 3.8) is 0 Å². The summed E-state index contributed by atoms with van der Waals surface area (Å²) in [7, 11) is 0. The van der Waals surface area contributed by atoms with E-state index in [9.17, 15) is 15.2 Å². The van der Waals surface area contributed by atoms with Gasteiger partial charge < -0.3 is 10.4 Å². The fourth-order valence-electron chi connectivity index (χ4n) is 2.18. The van der Waals surface area contributed by atoms with Gasteiger partial charge in [-0.25, -0.2) is 0 Å². The molecule has 1 fully saturated rings. The molecule has 0 spiro atoms. The Morgan fingerprint density at radius 1 is 1.45 bits per heavy atom. The summed E-state index contributed by atoms with van der Waals surface area (Å²) in [6, 6.07) is 4.75. The van der Waals surface area contributed by atoms with Crippen LogP contribution in [0.3, 0.4) is 0 Å². The lowest BCUT2D eigenvalue weighted by Crippen LogP contribution is -2.43. The predicted molar refractivity (Wildman–Crippen MR) is 81.3 cm³/mol. The van der Waals surface area contributed by atoms with Crippen molar-refractivity contribution in [3.05, 3.63) is 38.9 Å². The van der Waals surface area contributed by atoms with Gasteiger partial charge in [-0.3, -0.25) is 10.1 Å². The molecule has 7 heteroatoms. The number of nitro benzene ring substituents is 1. The van der Waals surface area contributed by atoms with Gasteiger partial charge in [0.15, 0.2) is 0 Å². The first-order valence-electron chi connectivity index (χ1n) is 6.44. The van der Waals surface area contributed by atoms with Gasteiger partial charge in [-0.2, -0.15) is 11.8 Å². The van der Waals surface area contributed by atoms with E-state index in [1.807, 2.05) is 11.8 Å². The molecule has 1 aromatic rings. The Morgan fingerprint density at radius 3 is 2.80 bits per heavy atom. The molecule has 5 nitrogen and oxygen atoms in total. The van der Waals surface area contributed by atoms with Crippen molar-refractivity contribution in [3.8, 4) is 0 Å². The number of rotatable bonds is 5. The Bertz CT molecular complexity index is 493. The molecule has 0 saturated carbocycles. The second kappa shape index (κ2) is 6.76. The molecule has 0 amide bonds. The van der Waals surface area contributed by atoms with E-state index in [0.29, 0.717) is 13.1 Å². The molecule has 0 atom stereocenters. The number of aliphatic hydroxyl groups is 1. The van der Waals surface area contributed by atoms with E-state index in [2.05, 4.69) is 5.32 Å². The summed E-state index contributed by atoms with van der Waals surface area (Å²) in [4.78, 5) is 10.3. The monoisotopic (exact) mass is 316 g/mol. The Morgan fingerprint density at radius 2 is 2.15 bits per heavy atom. The summed E-state index contributed by atoms with van der Waals surface area (Å²) in [5.74, 6) is 1.95. The van der Waals surface area contributed by atoms with Crippen molar-refractivity contribution in [1.29, 1.82) is 0 Å². The van der Waals surface area contributed by atoms with Crippen LogP contribution in [0, 0.1) is 10.1 Å². The summed E-state index contributed by atoms with van der Waals surface area (Å²) < 4.78 is 0. The van der Waals surface area contributed by atoms with Crippen LogP contribution in [0.4, 0.5) is 5.69 Å². The third kappa shape index (κ3) is 4.09. The average molecular weight is 317 g/mol. The first kappa shape index (κ1) is 15.6. The van der Waals surface area contributed by atoms with Gasteiger partial charge in [0.25, 0.3) is 5.69 Å². The summed E-state index contributed by atoms with van der Waals surface area (Å²) >= 11 is 7.62. The van der Waals surface area contributed by atoms with Gasteiger partial charge >= 0.3 is 0 Å². The Kier molecular flexibility index (Phi) is 5.26. The van der Waals surface area contributed by atoms with E-state index in [4.69, 9.17) is 11.6 Å². The molecule has 1 saturated heterocycles. The van der Waals surface area contributed by atoms with E-state index < -0.39 is 10.5 Å². The second-order valence-corrected chi connectivity index (χ2v) is 6.62. The van der Waals surface area contributed by atoms with Gasteiger partial charge in [-0.1, -0.05) is 17.7 Å². The van der Waals surface area contributed by atoms with Gasteiger partial charge in [-0.05, 0) is 36.0 Å². The molecule has 20 heavy (non-hydrogen) atoms. The molecule has 1 heterocycles. The van der Waals surface area contributed by atoms with Crippen LogP contribution < -0.4 is 5.32 Å². The van der Waals surface area contributed by atoms with E-state index in [0.717, 1.165) is 29.9 Å². The maximum atomic E-state index is 10.8. The smallest absolute Gasteiger partial charge is 0.288 e. The molecule has 110 valence electrons. The van der Waals surface area contributed by atoms with Crippen molar-refractivity contribution in [2.75, 3.05) is 18.1 Å². The highest BCUT2D eigenvalue weighted by Gasteiger charge is 2.28. The third-order valence-corrected chi connectivity index (χ3v) is 4.72. The van der Waals surface area contributed by atoms with Crippen LogP contribution in [0.2, 0.25) is 5.02 Å². The molecule has 2 N–H and O–H groups in total. The number of nitrogens with zero attached hydrogens (tertiary/aromatic N) is 1. The summed E-state index contributed by atoms with van der Waals surface area (Å²) in [6.07, 6.45) is 1.57. The Balaban J connectivity index is 1.91. The van der Waals surface area contributed by atoms with E-state index in [1.165, 1.54) is 12.1 Å². The van der Waals surface area contributed by atoms with E-state index in [-0.39, 0.29) is 10.7 Å². The molecule has 0 aromatic heterocycles. The zero-order valence-corrected chi connectivity index (χ0v) is 12.5. The Hall–Kier alpha value is -0.820. The Labute approximate surface area is 126 Å². The van der Waals surface area contributed by atoms with Crippen molar-refractivity contribution in [1.82, 2.24) is 5.32 Å². The number of benzene rings is 1. The lowest BCUT2D eigenvalue weighted by Gasteiger charge is -2.32. The molecule has 0 bridgehead atoms. The summed E-state index contributed by atoms with van der Waals surface area (Å²) in [5.41, 5.74) is 0.0532. The zero-order valence-electron chi connectivity index (χ0n) is 11.0. The highest BCUT2D eigenvalue weighted by Crippen LogP contribution is 2.27. The molecule has 0 unspecified atom stereocenters. The lowest BCUT2D eigenvalue weighted by molar-refractivity contribution is -0.384. The van der Waals surface area contributed by atoms with Crippen LogP contribution in [0.5, 0.6) is 0 Å². The highest BCUT2D eigenvalue weighted by molar-refractivity contribution is 7.99. The van der Waals surface area contributed by atoms with Gasteiger partial charge in [0.1, 0.15) is 5.02 Å². The normalized spacial score (nSPS) is 17.9. The highest BCUT2D eigenvalue weighted by atomic mass is 35.5. The molecule has 1 aliphatic heterocycles. The zero-order chi connectivity index (χ0) is 14.6. The third-order valence-electron chi connectivity index (χ3n) is 3.41. The standard InChI is InChI=1S/C13H17ClN2O3S/c14-11-2-1-10(7-12(11)16(18)19)8-15-9-13(17)3-5-20-6-4-13/h1-2,7,15,17H,3-6,8-9H2. The first-order chi connectivity index (χ1) is 9.50. The molecule has 1 aliphatic rings. The number of hydrogen-bond acceptors (Lipinski definition) is 5. The number of nitrogens with one attached hydrogen (secondary N) is 1. The molecule has 0 radical (unpaired) electrons. The topological polar surface area (TPSA) is 75.4 Å². The SMILES string of the molecule is O=[N+]([O-])c1cc(CNCC2(O)CCSCC2)ccc1Cl. The first-order valence-corrected chi connectivity index (χ1v) is 7.97. The maximum Gasteiger partial charge on any atom is 0.288 e. The minimum Gasteiger partial charge on any atom is -0.389 e. The van der Waals surface area contributed by atoms with Crippen LogP contribution in [0.25, 0.3) is 0 Å². The van der Waals surface area contributed by atoms with Crippen molar-refractivity contribution < 1.29 is 10.0 Å². The fraction of sp³-hybridized carbons (Fsp3) is 0.538. The number of hydrogen-bond donors (Lipinski definition) is 2. The molecule has 2 rings (SSSR count). The summed E-state index contributed by atoms with van der Waals surface area (Å²) in [6.45, 7) is 0.984. The number of nitro groups is 1. The average Bonchev–Trinajstić information content (AvgIpc) is 2.41. The molecule has 0 aliphatic carbocycles. The fourth-order valence-corrected chi connectivity index (χ4v) is 3.62. The summed E-state index contributed by atoms with van der Waals surface area (Å²) in [5, 5.41) is 24.4. The largest absolute Gasteiger partial charge is 0.389 e. The minimum absolute atomic E-state index is 0.0845. The van der Waals surface area contributed by atoms with Crippen LogP contribution in [0.15, 0.2) is 18.2 Å². The second-order valence-electron chi connectivity index (χ2n) is 4.98. The molecular formula is C13H17ClN2O3S. The van der Waals surface area contributed by atoms with Gasteiger partial charge in [0, 0.05) is 19.2 Å². The van der Waals surface area contributed by atoms with Gasteiger partial charge in [0.2, 0.25) is 0 Å². The predicted octanol–water partition coefficient (Wildman–Crippen LogP) is 2.60. The van der Waals surface area contributed by atoms with Crippen LogP contribution in [-0.4, -0.2) is 33.7 Å². The quantitative estimate of drug-likeness (QED) is 0.645. The number of halogens is 1. The van der Waals surface area contributed by atoms with Crippen LogP contribution >= 0.6 is 23.4 Å². The van der Waals surface area contributed by atoms with Crippen molar-refractivity contribution in [2.45, 2.75) is 25.0 Å². The maximum absolute atomic E-state index is 10.8. The molecular weight excluding hydrogens is 300 g/mol. The van der Waals surface area contributed by atoms with Crippen LogP contribution in [0.1, 0.15) is 18.4 Å². The van der Waals surface area contributed by atoms with Gasteiger partial charge in [0.05, 0.1) is 10.5 Å². The van der Waals surface area contributed by atoms with Crippen molar-refractivity contribution in [2.24, 2.45) is 0 Å². The van der Waals surface area contributed by atoms with Gasteiger partial charge in [-0.15, -0.1) is 0 Å². The van der Waals surface area contributed by atoms with E-state index in [1.54, 1.807) is 6.07 Å². The lowest BCUT2D eigenvalue weighted by atomic mass is 9.97. The number of thioether (sulfide) groups is 1. The minimum atomic E-state index is -0.649. The van der Waals surface area contributed by atoms with Crippen LogP contribution in [-0.2, 0) is 6.54 Å². The molecule has 1 aromatic carbocycles. The van der Waals surface area contributed by atoms with Crippen molar-refractivity contribution >= 4 is 29.1 Å².